The van der Waals surface area contributed by atoms with Crippen LogP contribution >= 0.6 is 0 Å². The molecule has 0 atom stereocenters. The number of Topliss-reactive ketones (excluding diaryl/α,β-unsaturated/α-hetero) is 2. The van der Waals surface area contributed by atoms with Crippen LogP contribution in [0, 0.1) is 6.92 Å². The zero-order valence-corrected chi connectivity index (χ0v) is 24.8. The second-order valence-corrected chi connectivity index (χ2v) is 10.2. The third-order valence-electron chi connectivity index (χ3n) is 7.02. The van der Waals surface area contributed by atoms with E-state index in [0.29, 0.717) is 34.1 Å². The summed E-state index contributed by atoms with van der Waals surface area (Å²) in [5, 5.41) is 0. The van der Waals surface area contributed by atoms with E-state index in [2.05, 4.69) is 6.92 Å². The number of carbonyl (C=O) groups excluding carboxylic acids is 3. The predicted octanol–water partition coefficient (Wildman–Crippen LogP) is 8.17. The first-order valence-electron chi connectivity index (χ1n) is 14.5. The highest BCUT2D eigenvalue weighted by atomic mass is 17.2. The molecule has 0 aliphatic carbocycles. The van der Waals surface area contributed by atoms with E-state index in [1.54, 1.807) is 55.5 Å². The van der Waals surface area contributed by atoms with Gasteiger partial charge in [0, 0.05) is 16.7 Å². The Morgan fingerprint density at radius 1 is 0.628 bits per heavy atom. The Morgan fingerprint density at radius 3 is 1.84 bits per heavy atom. The monoisotopic (exact) mass is 580 g/mol. The van der Waals surface area contributed by atoms with Gasteiger partial charge in [-0.2, -0.15) is 0 Å². The van der Waals surface area contributed by atoms with Gasteiger partial charge in [0.2, 0.25) is 17.3 Å². The summed E-state index contributed by atoms with van der Waals surface area (Å²) in [6.07, 6.45) is 6.97. The second-order valence-electron chi connectivity index (χ2n) is 10.2. The number of methoxy groups -OCH3 is 1. The van der Waals surface area contributed by atoms with Crippen molar-refractivity contribution in [2.24, 2.45) is 0 Å². The molecule has 0 aliphatic heterocycles. The molecule has 0 saturated carbocycles. The summed E-state index contributed by atoms with van der Waals surface area (Å²) < 4.78 is 10.8. The van der Waals surface area contributed by atoms with Crippen molar-refractivity contribution < 1.29 is 33.6 Å². The summed E-state index contributed by atoms with van der Waals surface area (Å²) in [4.78, 5) is 49.2. The standard InChI is InChI=1S/C36H36O7/c1-4-5-6-7-8-11-26-14-16-27(17-15-26)34(37)35(38)28-18-20-29(21-19-28)36(39)41-30-22-23-31(25(2)24-30)42-43-33-13-10-9-12-32(33)40-3/h9-10,12-24H,4-8,11H2,1-3H3. The maximum Gasteiger partial charge on any atom is 0.343 e. The third-order valence-corrected chi connectivity index (χ3v) is 7.02. The zero-order chi connectivity index (χ0) is 30.6. The molecule has 43 heavy (non-hydrogen) atoms. The molecule has 7 heteroatoms. The number of unbranched alkanes of at least 4 members (excludes halogenated alkanes) is 4. The lowest BCUT2D eigenvalue weighted by Crippen LogP contribution is -2.15. The van der Waals surface area contributed by atoms with E-state index in [1.807, 2.05) is 18.2 Å². The van der Waals surface area contributed by atoms with E-state index in [1.165, 1.54) is 57.1 Å². The van der Waals surface area contributed by atoms with Crippen molar-refractivity contribution in [1.82, 2.24) is 0 Å². The number of hydrogen-bond acceptors (Lipinski definition) is 7. The van der Waals surface area contributed by atoms with Crippen LogP contribution in [0.3, 0.4) is 0 Å². The van der Waals surface area contributed by atoms with Gasteiger partial charge in [-0.3, -0.25) is 19.4 Å². The molecule has 4 rings (SSSR count). The maximum absolute atomic E-state index is 12.8. The molecule has 0 N–H and O–H groups in total. The lowest BCUT2D eigenvalue weighted by Gasteiger charge is -2.12. The van der Waals surface area contributed by atoms with E-state index in [4.69, 9.17) is 19.2 Å². The van der Waals surface area contributed by atoms with Gasteiger partial charge in [-0.15, -0.1) is 0 Å². The van der Waals surface area contributed by atoms with Crippen molar-refractivity contribution in [3.63, 3.8) is 0 Å². The van der Waals surface area contributed by atoms with E-state index in [0.717, 1.165) is 18.4 Å². The van der Waals surface area contributed by atoms with E-state index in [9.17, 15) is 14.4 Å². The summed E-state index contributed by atoms with van der Waals surface area (Å²) in [6, 6.07) is 25.0. The number of hydrogen-bond donors (Lipinski definition) is 0. The first kappa shape index (κ1) is 31.0. The minimum absolute atomic E-state index is 0.203. The molecule has 4 aromatic carbocycles. The summed E-state index contributed by atoms with van der Waals surface area (Å²) in [7, 11) is 1.54. The quantitative estimate of drug-likeness (QED) is 0.0266. The summed E-state index contributed by atoms with van der Waals surface area (Å²) in [6.45, 7) is 3.98. The number of aryl methyl sites for hydroxylation is 2. The highest BCUT2D eigenvalue weighted by Crippen LogP contribution is 2.29. The fourth-order valence-corrected chi connectivity index (χ4v) is 4.50. The minimum atomic E-state index is -0.631. The average molecular weight is 581 g/mol. The highest BCUT2D eigenvalue weighted by molar-refractivity contribution is 6.49. The van der Waals surface area contributed by atoms with E-state index < -0.39 is 17.5 Å². The zero-order valence-electron chi connectivity index (χ0n) is 24.8. The first-order chi connectivity index (χ1) is 20.9. The predicted molar refractivity (Wildman–Crippen MR) is 164 cm³/mol. The molecule has 0 bridgehead atoms. The van der Waals surface area contributed by atoms with Gasteiger partial charge in [0.25, 0.3) is 0 Å². The molecule has 4 aromatic rings. The van der Waals surface area contributed by atoms with Gasteiger partial charge in [0.15, 0.2) is 11.5 Å². The van der Waals surface area contributed by atoms with Crippen LogP contribution in [0.2, 0.25) is 0 Å². The van der Waals surface area contributed by atoms with Crippen LogP contribution in [0.4, 0.5) is 0 Å². The molecule has 222 valence electrons. The van der Waals surface area contributed by atoms with Crippen molar-refractivity contribution in [3.05, 3.63) is 119 Å². The smallest absolute Gasteiger partial charge is 0.343 e. The van der Waals surface area contributed by atoms with Crippen molar-refractivity contribution in [2.75, 3.05) is 7.11 Å². The molecule has 0 heterocycles. The lowest BCUT2D eigenvalue weighted by atomic mass is 9.98. The van der Waals surface area contributed by atoms with Crippen molar-refractivity contribution in [3.8, 4) is 23.0 Å². The molecule has 0 unspecified atom stereocenters. The Labute approximate surface area is 252 Å². The van der Waals surface area contributed by atoms with Gasteiger partial charge in [-0.05, 0) is 67.8 Å². The third kappa shape index (κ3) is 8.55. The molecule has 0 aliphatic rings. The summed E-state index contributed by atoms with van der Waals surface area (Å²) in [5.74, 6) is -0.118. The largest absolute Gasteiger partial charge is 0.493 e. The molecule has 0 aromatic heterocycles. The van der Waals surface area contributed by atoms with Crippen LogP contribution in [-0.4, -0.2) is 24.6 Å². The van der Waals surface area contributed by atoms with Gasteiger partial charge in [0.1, 0.15) is 5.75 Å². The van der Waals surface area contributed by atoms with Crippen LogP contribution in [0.25, 0.3) is 0 Å². The topological polar surface area (TPSA) is 88.1 Å². The molecular weight excluding hydrogens is 544 g/mol. The van der Waals surface area contributed by atoms with Crippen LogP contribution in [0.5, 0.6) is 23.0 Å². The van der Waals surface area contributed by atoms with Gasteiger partial charge < -0.3 is 9.47 Å². The number of ketones is 2. The minimum Gasteiger partial charge on any atom is -0.493 e. The van der Waals surface area contributed by atoms with E-state index in [-0.39, 0.29) is 11.1 Å². The number of para-hydroxylation sites is 2. The van der Waals surface area contributed by atoms with Crippen LogP contribution < -0.4 is 19.2 Å². The Balaban J connectivity index is 1.31. The summed E-state index contributed by atoms with van der Waals surface area (Å²) in [5.41, 5.74) is 2.62. The number of rotatable bonds is 15. The van der Waals surface area contributed by atoms with Crippen molar-refractivity contribution >= 4 is 17.5 Å². The molecule has 0 fully saturated rings. The van der Waals surface area contributed by atoms with Crippen LogP contribution in [-0.2, 0) is 6.42 Å². The Kier molecular flexibility index (Phi) is 11.1. The molecular formula is C36H36O7. The fraction of sp³-hybridized carbons (Fsp3) is 0.250. The highest BCUT2D eigenvalue weighted by Gasteiger charge is 2.19. The molecule has 0 spiro atoms. The van der Waals surface area contributed by atoms with Crippen LogP contribution in [0.15, 0.2) is 91.0 Å². The lowest BCUT2D eigenvalue weighted by molar-refractivity contribution is -0.102. The molecule has 0 saturated heterocycles. The fourth-order valence-electron chi connectivity index (χ4n) is 4.50. The van der Waals surface area contributed by atoms with E-state index >= 15 is 0 Å². The number of ether oxygens (including phenoxy) is 2. The maximum atomic E-state index is 12.8. The molecule has 0 amide bonds. The Morgan fingerprint density at radius 2 is 1.21 bits per heavy atom. The van der Waals surface area contributed by atoms with Gasteiger partial charge in [0.05, 0.1) is 12.7 Å². The Bertz CT molecular complexity index is 1540. The first-order valence-corrected chi connectivity index (χ1v) is 14.5. The van der Waals surface area contributed by atoms with Crippen molar-refractivity contribution in [1.29, 1.82) is 0 Å². The average Bonchev–Trinajstić information content (AvgIpc) is 3.04. The SMILES string of the molecule is CCCCCCCc1ccc(C(=O)C(=O)c2ccc(C(=O)Oc3ccc(OOc4ccccc4OC)c(C)c3)cc2)cc1. The van der Waals surface area contributed by atoms with Crippen LogP contribution in [0.1, 0.15) is 81.2 Å². The van der Waals surface area contributed by atoms with Gasteiger partial charge >= 0.3 is 5.97 Å². The normalized spacial score (nSPS) is 10.6. The molecule has 7 nitrogen and oxygen atoms in total. The van der Waals surface area contributed by atoms with Crippen molar-refractivity contribution in [2.45, 2.75) is 52.4 Å². The number of esters is 1. The second kappa shape index (κ2) is 15.4. The summed E-state index contributed by atoms with van der Waals surface area (Å²) >= 11 is 0. The molecule has 0 radical (unpaired) electrons. The number of benzene rings is 4. The number of carbonyl (C=O) groups is 3. The Hall–Kier alpha value is -4.91. The van der Waals surface area contributed by atoms with Gasteiger partial charge in [-0.25, -0.2) is 4.79 Å². The van der Waals surface area contributed by atoms with Gasteiger partial charge in [-0.1, -0.05) is 81.1 Å².